The Morgan fingerprint density at radius 3 is 3.09 bits per heavy atom. The van der Waals surface area contributed by atoms with E-state index in [9.17, 15) is 0 Å². The molecule has 11 heavy (non-hydrogen) atoms. The van der Waals surface area contributed by atoms with Crippen LogP contribution in [0.3, 0.4) is 0 Å². The van der Waals surface area contributed by atoms with Crippen LogP contribution in [0, 0.1) is 0 Å². The molecule has 0 aromatic carbocycles. The molecule has 0 radical (unpaired) electrons. The lowest BCUT2D eigenvalue weighted by Gasteiger charge is -2.16. The molecule has 1 aliphatic heterocycles. The smallest absolute Gasteiger partial charge is 0.257 e. The number of pyridine rings is 1. The van der Waals surface area contributed by atoms with Gasteiger partial charge in [0.25, 0.3) is 5.88 Å². The van der Waals surface area contributed by atoms with E-state index in [-0.39, 0.29) is 5.75 Å². The lowest BCUT2D eigenvalue weighted by Crippen LogP contribution is -2.15. The van der Waals surface area contributed by atoms with Crippen LogP contribution in [-0.2, 0) is 0 Å². The van der Waals surface area contributed by atoms with Gasteiger partial charge in [-0.2, -0.15) is 0 Å². The quantitative estimate of drug-likeness (QED) is 0.591. The van der Waals surface area contributed by atoms with Crippen molar-refractivity contribution in [2.75, 3.05) is 13.2 Å². The molecule has 0 amide bonds. The Kier molecular flexibility index (Phi) is 1.31. The first kappa shape index (κ1) is 6.27. The van der Waals surface area contributed by atoms with Crippen LogP contribution in [0.15, 0.2) is 12.3 Å². The van der Waals surface area contributed by atoms with Crippen LogP contribution in [0.1, 0.15) is 0 Å². The second kappa shape index (κ2) is 2.30. The van der Waals surface area contributed by atoms with Crippen LogP contribution in [0.2, 0.25) is 0 Å². The molecule has 58 valence electrons. The Morgan fingerprint density at radius 1 is 1.36 bits per heavy atom. The first-order valence-corrected chi connectivity index (χ1v) is 3.31. The summed E-state index contributed by atoms with van der Waals surface area (Å²) in [5.74, 6) is 1.06. The molecule has 1 N–H and O–H groups in total. The van der Waals surface area contributed by atoms with Crippen LogP contribution in [0.4, 0.5) is 0 Å². The highest BCUT2D eigenvalue weighted by molar-refractivity contribution is 5.39. The van der Waals surface area contributed by atoms with Crippen molar-refractivity contribution >= 4 is 0 Å². The largest absolute Gasteiger partial charge is 0.506 e. The molecule has 4 heteroatoms. The predicted octanol–water partition coefficient (Wildman–Crippen LogP) is 0.558. The molecule has 0 aliphatic carbocycles. The fourth-order valence-corrected chi connectivity index (χ4v) is 0.923. The summed E-state index contributed by atoms with van der Waals surface area (Å²) in [5, 5.41) is 8.99. The van der Waals surface area contributed by atoms with E-state index in [0.717, 1.165) is 0 Å². The van der Waals surface area contributed by atoms with E-state index in [2.05, 4.69) is 4.98 Å². The Hall–Kier alpha value is -1.45. The van der Waals surface area contributed by atoms with Crippen molar-refractivity contribution in [2.45, 2.75) is 0 Å². The number of aromatic hydroxyl groups is 1. The van der Waals surface area contributed by atoms with Crippen molar-refractivity contribution in [3.63, 3.8) is 0 Å². The van der Waals surface area contributed by atoms with E-state index in [1.165, 1.54) is 12.3 Å². The minimum Gasteiger partial charge on any atom is -0.506 e. The van der Waals surface area contributed by atoms with E-state index >= 15 is 0 Å². The number of fused-ring (bicyclic) bond motifs is 1. The van der Waals surface area contributed by atoms with Gasteiger partial charge in [-0.3, -0.25) is 0 Å². The SMILES string of the molecule is Oc1cnc2c(c1)OCCO2. The monoisotopic (exact) mass is 153 g/mol. The van der Waals surface area contributed by atoms with Gasteiger partial charge in [0.2, 0.25) is 0 Å². The highest BCUT2D eigenvalue weighted by Crippen LogP contribution is 2.29. The number of ether oxygens (including phenoxy) is 2. The number of rotatable bonds is 0. The van der Waals surface area contributed by atoms with E-state index in [4.69, 9.17) is 14.6 Å². The molecule has 0 saturated heterocycles. The first-order chi connectivity index (χ1) is 5.36. The number of nitrogens with zero attached hydrogens (tertiary/aromatic N) is 1. The molecule has 0 bridgehead atoms. The average Bonchev–Trinajstić information content (AvgIpc) is 2.04. The van der Waals surface area contributed by atoms with Gasteiger partial charge >= 0.3 is 0 Å². The topological polar surface area (TPSA) is 51.6 Å². The van der Waals surface area contributed by atoms with Gasteiger partial charge in [-0.1, -0.05) is 0 Å². The molecule has 1 aromatic heterocycles. The molecule has 0 unspecified atom stereocenters. The van der Waals surface area contributed by atoms with Crippen molar-refractivity contribution in [3.05, 3.63) is 12.3 Å². The minimum absolute atomic E-state index is 0.0919. The van der Waals surface area contributed by atoms with Crippen molar-refractivity contribution in [2.24, 2.45) is 0 Å². The Balaban J connectivity index is 2.43. The summed E-state index contributed by atoms with van der Waals surface area (Å²) < 4.78 is 10.3. The lowest BCUT2D eigenvalue weighted by atomic mass is 10.4. The van der Waals surface area contributed by atoms with Gasteiger partial charge in [0.1, 0.15) is 19.0 Å². The van der Waals surface area contributed by atoms with E-state index < -0.39 is 0 Å². The van der Waals surface area contributed by atoms with Crippen LogP contribution >= 0.6 is 0 Å². The number of aromatic nitrogens is 1. The maximum absolute atomic E-state index is 8.99. The predicted molar refractivity (Wildman–Crippen MR) is 36.9 cm³/mol. The third-order valence-electron chi connectivity index (χ3n) is 1.38. The van der Waals surface area contributed by atoms with Crippen molar-refractivity contribution in [3.8, 4) is 17.4 Å². The zero-order chi connectivity index (χ0) is 7.68. The molecule has 0 spiro atoms. The standard InChI is InChI=1S/C7H7NO3/c9-5-3-6-7(8-4-5)11-2-1-10-6/h3-4,9H,1-2H2. The highest BCUT2D eigenvalue weighted by Gasteiger charge is 2.12. The van der Waals surface area contributed by atoms with Gasteiger partial charge in [-0.15, -0.1) is 0 Å². The van der Waals surface area contributed by atoms with Gasteiger partial charge in [0.05, 0.1) is 6.20 Å². The second-order valence-electron chi connectivity index (χ2n) is 2.19. The molecular weight excluding hydrogens is 146 g/mol. The summed E-state index contributed by atoms with van der Waals surface area (Å²) in [7, 11) is 0. The zero-order valence-corrected chi connectivity index (χ0v) is 5.78. The molecule has 0 atom stereocenters. The molecule has 1 aromatic rings. The maximum Gasteiger partial charge on any atom is 0.257 e. The fourth-order valence-electron chi connectivity index (χ4n) is 0.923. The highest BCUT2D eigenvalue weighted by atomic mass is 16.6. The minimum atomic E-state index is 0.0919. The van der Waals surface area contributed by atoms with Gasteiger partial charge in [-0.05, 0) is 0 Å². The van der Waals surface area contributed by atoms with Gasteiger partial charge in [0.15, 0.2) is 5.75 Å². The van der Waals surface area contributed by atoms with Crippen molar-refractivity contribution in [1.29, 1.82) is 0 Å². The molecule has 0 fully saturated rings. The van der Waals surface area contributed by atoms with Gasteiger partial charge in [0, 0.05) is 6.07 Å². The number of hydrogen-bond acceptors (Lipinski definition) is 4. The summed E-state index contributed by atoms with van der Waals surface area (Å²) in [4.78, 5) is 3.82. The van der Waals surface area contributed by atoms with Crippen LogP contribution in [0.25, 0.3) is 0 Å². The first-order valence-electron chi connectivity index (χ1n) is 3.31. The van der Waals surface area contributed by atoms with Gasteiger partial charge in [-0.25, -0.2) is 4.98 Å². The molecular formula is C7H7NO3. The normalized spacial score (nSPS) is 14.5. The third kappa shape index (κ3) is 1.07. The summed E-state index contributed by atoms with van der Waals surface area (Å²) >= 11 is 0. The lowest BCUT2D eigenvalue weighted by molar-refractivity contribution is 0.163. The van der Waals surface area contributed by atoms with Crippen molar-refractivity contribution < 1.29 is 14.6 Å². The van der Waals surface area contributed by atoms with Gasteiger partial charge < -0.3 is 14.6 Å². The van der Waals surface area contributed by atoms with E-state index in [1.807, 2.05) is 0 Å². The third-order valence-corrected chi connectivity index (χ3v) is 1.38. The zero-order valence-electron chi connectivity index (χ0n) is 5.78. The molecule has 2 rings (SSSR count). The van der Waals surface area contributed by atoms with Crippen LogP contribution < -0.4 is 9.47 Å². The summed E-state index contributed by atoms with van der Waals surface area (Å²) in [6.07, 6.45) is 1.33. The summed E-state index contributed by atoms with van der Waals surface area (Å²) in [5.41, 5.74) is 0. The molecule has 4 nitrogen and oxygen atoms in total. The Labute approximate surface area is 63.4 Å². The maximum atomic E-state index is 8.99. The summed E-state index contributed by atoms with van der Waals surface area (Å²) in [6, 6.07) is 1.49. The van der Waals surface area contributed by atoms with Crippen LogP contribution in [-0.4, -0.2) is 23.3 Å². The average molecular weight is 153 g/mol. The summed E-state index contributed by atoms with van der Waals surface area (Å²) in [6.45, 7) is 1.03. The molecule has 2 heterocycles. The Bertz CT molecular complexity index is 274. The van der Waals surface area contributed by atoms with Crippen LogP contribution in [0.5, 0.6) is 17.4 Å². The molecule has 0 saturated carbocycles. The molecule has 1 aliphatic rings. The van der Waals surface area contributed by atoms with E-state index in [0.29, 0.717) is 24.8 Å². The van der Waals surface area contributed by atoms with Crippen molar-refractivity contribution in [1.82, 2.24) is 4.98 Å². The fraction of sp³-hybridized carbons (Fsp3) is 0.286. The number of hydrogen-bond donors (Lipinski definition) is 1. The van der Waals surface area contributed by atoms with E-state index in [1.54, 1.807) is 0 Å². The second-order valence-corrected chi connectivity index (χ2v) is 2.19. The Morgan fingerprint density at radius 2 is 2.18 bits per heavy atom.